The molecule has 1 aliphatic heterocycles. The number of carbonyl (C=O) groups is 1. The molecule has 2 N–H and O–H groups in total. The van der Waals surface area contributed by atoms with Crippen LogP contribution in [-0.2, 0) is 11.3 Å². The fourth-order valence-electron chi connectivity index (χ4n) is 3.91. The largest absolute Gasteiger partial charge is 0.312 e. The fraction of sp³-hybridized carbons (Fsp3) is 0.409. The molecule has 29 heavy (non-hydrogen) atoms. The van der Waals surface area contributed by atoms with Crippen LogP contribution in [0, 0.1) is 12.8 Å². The lowest BCUT2D eigenvalue weighted by Gasteiger charge is -2.22. The van der Waals surface area contributed by atoms with Crippen molar-refractivity contribution >= 4 is 17.2 Å². The number of benzene rings is 1. The van der Waals surface area contributed by atoms with Crippen molar-refractivity contribution < 1.29 is 4.79 Å². The van der Waals surface area contributed by atoms with E-state index in [-0.39, 0.29) is 23.4 Å². The molecule has 1 fully saturated rings. The molecule has 7 heteroatoms. The quantitative estimate of drug-likeness (QED) is 0.675. The van der Waals surface area contributed by atoms with Gasteiger partial charge in [-0.25, -0.2) is 9.50 Å². The predicted molar refractivity (Wildman–Crippen MR) is 113 cm³/mol. The number of hydrogen-bond acceptors (Lipinski definition) is 4. The molecule has 0 aliphatic carbocycles. The van der Waals surface area contributed by atoms with Gasteiger partial charge < -0.3 is 10.2 Å². The van der Waals surface area contributed by atoms with Gasteiger partial charge in [-0.1, -0.05) is 26.0 Å². The molecule has 1 atom stereocenters. The molecule has 0 bridgehead atoms. The van der Waals surface area contributed by atoms with Gasteiger partial charge in [0, 0.05) is 43.0 Å². The lowest BCUT2D eigenvalue weighted by atomic mass is 10.00. The molecule has 1 amide bonds. The van der Waals surface area contributed by atoms with Crippen LogP contribution in [0.25, 0.3) is 5.65 Å². The maximum absolute atomic E-state index is 12.4. The molecule has 7 nitrogen and oxygen atoms in total. The molecular formula is C22H27N5O2. The van der Waals surface area contributed by atoms with E-state index in [1.54, 1.807) is 6.07 Å². The number of H-pyrrole nitrogens is 1. The summed E-state index contributed by atoms with van der Waals surface area (Å²) in [5, 5.41) is 6.55. The lowest BCUT2D eigenvalue weighted by Crippen LogP contribution is -2.28. The number of fused-ring (bicyclic) bond motifs is 1. The van der Waals surface area contributed by atoms with Crippen LogP contribution in [0.4, 0.5) is 5.69 Å². The van der Waals surface area contributed by atoms with E-state index >= 15 is 0 Å². The zero-order valence-corrected chi connectivity index (χ0v) is 17.1. The van der Waals surface area contributed by atoms with E-state index in [4.69, 9.17) is 4.98 Å². The first-order chi connectivity index (χ1) is 13.9. The molecule has 152 valence electrons. The Kier molecular flexibility index (Phi) is 5.24. The minimum atomic E-state index is -0.106. The van der Waals surface area contributed by atoms with Gasteiger partial charge in [0.05, 0.1) is 11.7 Å². The number of hydrogen-bond donors (Lipinski definition) is 2. The van der Waals surface area contributed by atoms with E-state index in [0.717, 1.165) is 35.6 Å². The number of aromatic amines is 1. The minimum absolute atomic E-state index is 0.0391. The first-order valence-electron chi connectivity index (χ1n) is 10.1. The number of rotatable bonds is 6. The van der Waals surface area contributed by atoms with Crippen LogP contribution in [0.15, 0.2) is 41.2 Å². The summed E-state index contributed by atoms with van der Waals surface area (Å²) in [6.07, 6.45) is 1.56. The average Bonchev–Trinajstić information content (AvgIpc) is 3.27. The zero-order chi connectivity index (χ0) is 20.5. The number of nitrogens with one attached hydrogen (secondary N) is 2. The summed E-state index contributed by atoms with van der Waals surface area (Å²) in [7, 11) is 0. The average molecular weight is 393 g/mol. The maximum Gasteiger partial charge on any atom is 0.272 e. The van der Waals surface area contributed by atoms with Crippen molar-refractivity contribution in [2.75, 3.05) is 11.4 Å². The van der Waals surface area contributed by atoms with Gasteiger partial charge in [-0.15, -0.1) is 0 Å². The van der Waals surface area contributed by atoms with Crippen molar-refractivity contribution in [2.45, 2.75) is 46.2 Å². The summed E-state index contributed by atoms with van der Waals surface area (Å²) in [5.74, 6) is 0.467. The second-order valence-electron chi connectivity index (χ2n) is 8.07. The molecule has 4 rings (SSSR count). The fourth-order valence-corrected chi connectivity index (χ4v) is 3.91. The van der Waals surface area contributed by atoms with Gasteiger partial charge in [-0.3, -0.25) is 14.7 Å². The topological polar surface area (TPSA) is 82.5 Å². The van der Waals surface area contributed by atoms with Crippen molar-refractivity contribution in [2.24, 2.45) is 5.92 Å². The molecule has 1 aromatic carbocycles. The second kappa shape index (κ2) is 7.83. The number of carbonyl (C=O) groups excluding carboxylic acids is 1. The number of amides is 1. The van der Waals surface area contributed by atoms with Gasteiger partial charge in [0.2, 0.25) is 5.91 Å². The predicted octanol–water partition coefficient (Wildman–Crippen LogP) is 2.94. The Balaban J connectivity index is 1.50. The van der Waals surface area contributed by atoms with E-state index in [2.05, 4.69) is 24.3 Å². The number of nitrogens with zero attached hydrogens (tertiary/aromatic N) is 3. The van der Waals surface area contributed by atoms with Crippen LogP contribution in [0.1, 0.15) is 49.7 Å². The van der Waals surface area contributed by atoms with E-state index < -0.39 is 0 Å². The van der Waals surface area contributed by atoms with Gasteiger partial charge in [-0.05, 0) is 37.0 Å². The summed E-state index contributed by atoms with van der Waals surface area (Å²) < 4.78 is 1.47. The Hall–Kier alpha value is -2.93. The third kappa shape index (κ3) is 3.96. The molecule has 1 unspecified atom stereocenters. The SMILES string of the molecule is Cc1cc2nc(C(NCc3ccc(N4CCCC4=O)cc3)C(C)C)cc(=O)n2[nH]1. The van der Waals surface area contributed by atoms with Gasteiger partial charge in [0.15, 0.2) is 5.65 Å². The van der Waals surface area contributed by atoms with Crippen LogP contribution in [0.5, 0.6) is 0 Å². The van der Waals surface area contributed by atoms with Crippen molar-refractivity contribution in [3.05, 3.63) is 63.7 Å². The van der Waals surface area contributed by atoms with Crippen molar-refractivity contribution in [1.82, 2.24) is 19.9 Å². The van der Waals surface area contributed by atoms with Gasteiger partial charge in [0.1, 0.15) is 0 Å². The first kappa shape index (κ1) is 19.4. The Bertz CT molecular complexity index is 1080. The van der Waals surface area contributed by atoms with Crippen molar-refractivity contribution in [3.63, 3.8) is 0 Å². The Morgan fingerprint density at radius 2 is 1.93 bits per heavy atom. The van der Waals surface area contributed by atoms with E-state index in [9.17, 15) is 9.59 Å². The summed E-state index contributed by atoms with van der Waals surface area (Å²) in [6.45, 7) is 7.60. The lowest BCUT2D eigenvalue weighted by molar-refractivity contribution is -0.117. The molecule has 3 heterocycles. The maximum atomic E-state index is 12.4. The summed E-state index contributed by atoms with van der Waals surface area (Å²) >= 11 is 0. The highest BCUT2D eigenvalue weighted by Crippen LogP contribution is 2.23. The standard InChI is InChI=1S/C22H27N5O2/c1-14(2)22(18-12-21(29)27-19(24-18)11-15(3)25-27)23-13-16-6-8-17(9-7-16)26-10-4-5-20(26)28/h6-9,11-12,14,22-23,25H,4-5,10,13H2,1-3H3. The third-order valence-corrected chi connectivity index (χ3v) is 5.43. The third-order valence-electron chi connectivity index (χ3n) is 5.43. The molecule has 0 radical (unpaired) electrons. The van der Waals surface area contributed by atoms with Crippen LogP contribution >= 0.6 is 0 Å². The zero-order valence-electron chi connectivity index (χ0n) is 17.1. The monoisotopic (exact) mass is 393 g/mol. The summed E-state index contributed by atoms with van der Waals surface area (Å²) in [4.78, 5) is 30.9. The minimum Gasteiger partial charge on any atom is -0.312 e. The van der Waals surface area contributed by atoms with Crippen LogP contribution < -0.4 is 15.8 Å². The molecule has 0 saturated carbocycles. The Morgan fingerprint density at radius 1 is 1.17 bits per heavy atom. The highest BCUT2D eigenvalue weighted by Gasteiger charge is 2.22. The smallest absolute Gasteiger partial charge is 0.272 e. The second-order valence-corrected chi connectivity index (χ2v) is 8.07. The Labute approximate surface area is 169 Å². The molecule has 2 aromatic heterocycles. The van der Waals surface area contributed by atoms with Crippen LogP contribution in [0.2, 0.25) is 0 Å². The molecule has 1 aliphatic rings. The number of aromatic nitrogens is 3. The van der Waals surface area contributed by atoms with Crippen molar-refractivity contribution in [1.29, 1.82) is 0 Å². The van der Waals surface area contributed by atoms with Gasteiger partial charge in [0.25, 0.3) is 5.56 Å². The van der Waals surface area contributed by atoms with Crippen LogP contribution in [0.3, 0.4) is 0 Å². The molecule has 0 spiro atoms. The highest BCUT2D eigenvalue weighted by molar-refractivity contribution is 5.95. The van der Waals surface area contributed by atoms with E-state index in [0.29, 0.717) is 18.6 Å². The summed E-state index contributed by atoms with van der Waals surface area (Å²) in [6, 6.07) is 11.5. The number of aryl methyl sites for hydroxylation is 1. The van der Waals surface area contributed by atoms with E-state index in [1.165, 1.54) is 4.52 Å². The van der Waals surface area contributed by atoms with Gasteiger partial charge >= 0.3 is 0 Å². The van der Waals surface area contributed by atoms with E-state index in [1.807, 2.05) is 42.2 Å². The molecule has 1 saturated heterocycles. The van der Waals surface area contributed by atoms with Gasteiger partial charge in [-0.2, -0.15) is 0 Å². The highest BCUT2D eigenvalue weighted by atomic mass is 16.2. The molecular weight excluding hydrogens is 366 g/mol. The van der Waals surface area contributed by atoms with Crippen molar-refractivity contribution in [3.8, 4) is 0 Å². The van der Waals surface area contributed by atoms with Crippen LogP contribution in [-0.4, -0.2) is 27.0 Å². The normalized spacial score (nSPS) is 15.6. The Morgan fingerprint density at radius 3 is 2.59 bits per heavy atom. The summed E-state index contributed by atoms with van der Waals surface area (Å²) in [5.41, 5.74) is 4.27. The first-order valence-corrected chi connectivity index (χ1v) is 10.1. The molecule has 3 aromatic rings. The number of anilines is 1.